The molecule has 4 nitrogen and oxygen atoms in total. The monoisotopic (exact) mass is 334 g/mol. The SMILES string of the molecule is O=C(C=Cc1ccccc1)Nc1ccc(CC(=O)N2CCCC2)cc1. The number of amides is 2. The minimum atomic E-state index is -0.176. The molecule has 1 N–H and O–H groups in total. The van der Waals surface area contributed by atoms with Crippen LogP contribution in [0.5, 0.6) is 0 Å². The molecular weight excluding hydrogens is 312 g/mol. The summed E-state index contributed by atoms with van der Waals surface area (Å²) in [7, 11) is 0. The van der Waals surface area contributed by atoms with Crippen LogP contribution in [0.25, 0.3) is 6.08 Å². The van der Waals surface area contributed by atoms with Crippen LogP contribution in [0.15, 0.2) is 60.7 Å². The number of carbonyl (C=O) groups is 2. The molecule has 128 valence electrons. The fourth-order valence-corrected chi connectivity index (χ4v) is 2.88. The molecule has 4 heteroatoms. The second-order valence-corrected chi connectivity index (χ2v) is 6.19. The van der Waals surface area contributed by atoms with E-state index in [1.807, 2.05) is 59.5 Å². The molecule has 0 atom stereocenters. The van der Waals surface area contributed by atoms with E-state index in [-0.39, 0.29) is 11.8 Å². The second kappa shape index (κ2) is 8.29. The maximum Gasteiger partial charge on any atom is 0.248 e. The number of rotatable bonds is 5. The van der Waals surface area contributed by atoms with Crippen molar-refractivity contribution in [2.45, 2.75) is 19.3 Å². The minimum Gasteiger partial charge on any atom is -0.342 e. The Morgan fingerprint density at radius 3 is 2.32 bits per heavy atom. The average molecular weight is 334 g/mol. The van der Waals surface area contributed by atoms with Gasteiger partial charge in [0.25, 0.3) is 0 Å². The number of anilines is 1. The van der Waals surface area contributed by atoms with Crippen molar-refractivity contribution in [1.29, 1.82) is 0 Å². The standard InChI is InChI=1S/C21H22N2O2/c24-20(13-10-17-6-2-1-3-7-17)22-19-11-8-18(9-12-19)16-21(25)23-14-4-5-15-23/h1-3,6-13H,4-5,14-16H2,(H,22,24). The van der Waals surface area contributed by atoms with Gasteiger partial charge in [-0.15, -0.1) is 0 Å². The molecule has 2 aromatic rings. The predicted molar refractivity (Wildman–Crippen MR) is 100 cm³/mol. The van der Waals surface area contributed by atoms with Gasteiger partial charge in [0.2, 0.25) is 11.8 Å². The van der Waals surface area contributed by atoms with E-state index in [9.17, 15) is 9.59 Å². The minimum absolute atomic E-state index is 0.176. The van der Waals surface area contributed by atoms with Crippen molar-refractivity contribution in [1.82, 2.24) is 4.90 Å². The summed E-state index contributed by atoms with van der Waals surface area (Å²) in [4.78, 5) is 26.0. The van der Waals surface area contributed by atoms with Crippen LogP contribution >= 0.6 is 0 Å². The second-order valence-electron chi connectivity index (χ2n) is 6.19. The molecule has 1 heterocycles. The molecule has 0 spiro atoms. The molecule has 0 radical (unpaired) electrons. The molecule has 1 aliphatic rings. The largest absolute Gasteiger partial charge is 0.342 e. The van der Waals surface area contributed by atoms with Crippen LogP contribution < -0.4 is 5.32 Å². The Balaban J connectivity index is 1.52. The predicted octanol–water partition coefficient (Wildman–Crippen LogP) is 3.50. The summed E-state index contributed by atoms with van der Waals surface area (Å²) in [5, 5.41) is 2.83. The fourth-order valence-electron chi connectivity index (χ4n) is 2.88. The first-order valence-electron chi connectivity index (χ1n) is 8.61. The summed E-state index contributed by atoms with van der Waals surface area (Å²) >= 11 is 0. The van der Waals surface area contributed by atoms with Crippen molar-refractivity contribution in [2.24, 2.45) is 0 Å². The lowest BCUT2D eigenvalue weighted by Crippen LogP contribution is -2.29. The molecule has 1 saturated heterocycles. The van der Waals surface area contributed by atoms with Gasteiger partial charge in [-0.3, -0.25) is 9.59 Å². The van der Waals surface area contributed by atoms with Crippen molar-refractivity contribution in [2.75, 3.05) is 18.4 Å². The molecule has 0 bridgehead atoms. The first-order valence-corrected chi connectivity index (χ1v) is 8.61. The van der Waals surface area contributed by atoms with Crippen LogP contribution in [0.3, 0.4) is 0 Å². The zero-order valence-electron chi connectivity index (χ0n) is 14.2. The van der Waals surface area contributed by atoms with Crippen molar-refractivity contribution < 1.29 is 9.59 Å². The highest BCUT2D eigenvalue weighted by Crippen LogP contribution is 2.14. The highest BCUT2D eigenvalue weighted by Gasteiger charge is 2.17. The summed E-state index contributed by atoms with van der Waals surface area (Å²) in [6.45, 7) is 1.75. The van der Waals surface area contributed by atoms with E-state index in [1.54, 1.807) is 6.08 Å². The molecule has 25 heavy (non-hydrogen) atoms. The zero-order valence-corrected chi connectivity index (χ0v) is 14.2. The third-order valence-corrected chi connectivity index (χ3v) is 4.26. The van der Waals surface area contributed by atoms with Gasteiger partial charge in [0, 0.05) is 24.9 Å². The van der Waals surface area contributed by atoms with Crippen molar-refractivity contribution >= 4 is 23.6 Å². The van der Waals surface area contributed by atoms with Crippen molar-refractivity contribution in [3.8, 4) is 0 Å². The van der Waals surface area contributed by atoms with Gasteiger partial charge in [0.05, 0.1) is 6.42 Å². The van der Waals surface area contributed by atoms with Gasteiger partial charge in [-0.1, -0.05) is 42.5 Å². The Morgan fingerprint density at radius 2 is 1.64 bits per heavy atom. The number of nitrogens with one attached hydrogen (secondary N) is 1. The van der Waals surface area contributed by atoms with Gasteiger partial charge >= 0.3 is 0 Å². The van der Waals surface area contributed by atoms with Crippen LogP contribution in [0.4, 0.5) is 5.69 Å². The number of hydrogen-bond donors (Lipinski definition) is 1. The molecule has 3 rings (SSSR count). The Labute approximate surface area is 148 Å². The van der Waals surface area contributed by atoms with Crippen LogP contribution in [0.2, 0.25) is 0 Å². The molecule has 2 aromatic carbocycles. The highest BCUT2D eigenvalue weighted by atomic mass is 16.2. The fraction of sp³-hybridized carbons (Fsp3) is 0.238. The normalized spacial score (nSPS) is 14.0. The summed E-state index contributed by atoms with van der Waals surface area (Å²) < 4.78 is 0. The lowest BCUT2D eigenvalue weighted by molar-refractivity contribution is -0.129. The van der Waals surface area contributed by atoms with Crippen molar-refractivity contribution in [3.63, 3.8) is 0 Å². The van der Waals surface area contributed by atoms with Gasteiger partial charge in [-0.05, 0) is 42.2 Å². The Bertz CT molecular complexity index is 745. The topological polar surface area (TPSA) is 49.4 Å². The molecule has 2 amide bonds. The van der Waals surface area contributed by atoms with Gasteiger partial charge < -0.3 is 10.2 Å². The van der Waals surface area contributed by atoms with E-state index in [4.69, 9.17) is 0 Å². The number of benzene rings is 2. The van der Waals surface area contributed by atoms with E-state index >= 15 is 0 Å². The van der Waals surface area contributed by atoms with E-state index in [1.165, 1.54) is 6.08 Å². The maximum atomic E-state index is 12.1. The van der Waals surface area contributed by atoms with Gasteiger partial charge in [-0.2, -0.15) is 0 Å². The summed E-state index contributed by atoms with van der Waals surface area (Å²) in [5.41, 5.74) is 2.67. The molecule has 0 saturated carbocycles. The first-order chi connectivity index (χ1) is 12.2. The number of likely N-dealkylation sites (tertiary alicyclic amines) is 1. The highest BCUT2D eigenvalue weighted by molar-refractivity contribution is 6.01. The van der Waals surface area contributed by atoms with E-state index in [0.29, 0.717) is 6.42 Å². The molecule has 1 fully saturated rings. The molecular formula is C21H22N2O2. The Morgan fingerprint density at radius 1 is 0.960 bits per heavy atom. The van der Waals surface area contributed by atoms with Crippen molar-refractivity contribution in [3.05, 3.63) is 71.8 Å². The van der Waals surface area contributed by atoms with Gasteiger partial charge in [0.1, 0.15) is 0 Å². The quantitative estimate of drug-likeness (QED) is 0.851. The number of nitrogens with zero attached hydrogens (tertiary/aromatic N) is 1. The molecule has 0 aliphatic carbocycles. The Hall–Kier alpha value is -2.88. The smallest absolute Gasteiger partial charge is 0.248 e. The van der Waals surface area contributed by atoms with Crippen LogP contribution in [-0.2, 0) is 16.0 Å². The Kier molecular flexibility index (Phi) is 5.62. The number of hydrogen-bond acceptors (Lipinski definition) is 2. The number of carbonyl (C=O) groups excluding carboxylic acids is 2. The summed E-state index contributed by atoms with van der Waals surface area (Å²) in [6.07, 6.45) is 5.92. The summed E-state index contributed by atoms with van der Waals surface area (Å²) in [5.74, 6) is 0.00447. The van der Waals surface area contributed by atoms with E-state index in [0.717, 1.165) is 42.7 Å². The maximum absolute atomic E-state index is 12.1. The third-order valence-electron chi connectivity index (χ3n) is 4.26. The van der Waals surface area contributed by atoms with Gasteiger partial charge in [-0.25, -0.2) is 0 Å². The molecule has 0 aromatic heterocycles. The zero-order chi connectivity index (χ0) is 17.5. The van der Waals surface area contributed by atoms with Gasteiger partial charge in [0.15, 0.2) is 0 Å². The molecule has 1 aliphatic heterocycles. The first kappa shape index (κ1) is 17.0. The molecule has 0 unspecified atom stereocenters. The van der Waals surface area contributed by atoms with E-state index in [2.05, 4.69) is 5.32 Å². The lowest BCUT2D eigenvalue weighted by Gasteiger charge is -2.15. The average Bonchev–Trinajstić information content (AvgIpc) is 3.17. The van der Waals surface area contributed by atoms with Crippen LogP contribution in [0, 0.1) is 0 Å². The van der Waals surface area contributed by atoms with Crippen LogP contribution in [-0.4, -0.2) is 29.8 Å². The van der Waals surface area contributed by atoms with E-state index < -0.39 is 0 Å². The summed E-state index contributed by atoms with van der Waals surface area (Å²) in [6, 6.07) is 17.1. The third kappa shape index (κ3) is 5.05. The van der Waals surface area contributed by atoms with Crippen LogP contribution in [0.1, 0.15) is 24.0 Å². The lowest BCUT2D eigenvalue weighted by atomic mass is 10.1.